The summed E-state index contributed by atoms with van der Waals surface area (Å²) < 4.78 is 14.0. The Balaban J connectivity index is 1.39. The number of benzene rings is 2. The molecule has 0 aliphatic carbocycles. The zero-order chi connectivity index (χ0) is 19.7. The molecule has 146 valence electrons. The first-order valence-corrected chi connectivity index (χ1v) is 9.76. The second-order valence-electron chi connectivity index (χ2n) is 7.18. The normalized spacial score (nSPS) is 18.9. The molecule has 2 heterocycles. The van der Waals surface area contributed by atoms with E-state index in [2.05, 4.69) is 4.90 Å². The average molecular weight is 402 g/mol. The molecule has 3 amide bonds. The summed E-state index contributed by atoms with van der Waals surface area (Å²) in [6.45, 7) is 2.00. The molecule has 0 saturated carbocycles. The second-order valence-corrected chi connectivity index (χ2v) is 7.59. The molecule has 5 nitrogen and oxygen atoms in total. The Bertz CT molecular complexity index is 864. The molecular formula is C21H21ClFN3O2. The molecular weight excluding hydrogens is 381 g/mol. The maximum atomic E-state index is 14.0. The lowest BCUT2D eigenvalue weighted by molar-refractivity contribution is -0.116. The number of nitrogens with zero attached hydrogens (tertiary/aromatic N) is 3. The zero-order valence-electron chi connectivity index (χ0n) is 15.4. The summed E-state index contributed by atoms with van der Waals surface area (Å²) in [6.07, 6.45) is 1.49. The number of anilines is 1. The molecule has 2 aliphatic rings. The highest BCUT2D eigenvalue weighted by Crippen LogP contribution is 2.28. The number of imide groups is 1. The molecule has 0 unspecified atom stereocenters. The predicted octanol–water partition coefficient (Wildman–Crippen LogP) is 3.91. The number of amides is 3. The quantitative estimate of drug-likeness (QED) is 0.729. The number of hydrogen-bond donors (Lipinski definition) is 0. The maximum absolute atomic E-state index is 14.0. The third kappa shape index (κ3) is 3.62. The van der Waals surface area contributed by atoms with Gasteiger partial charge < -0.3 is 4.90 Å². The van der Waals surface area contributed by atoms with E-state index in [1.54, 1.807) is 29.2 Å². The van der Waals surface area contributed by atoms with Crippen molar-refractivity contribution in [2.45, 2.75) is 25.4 Å². The summed E-state index contributed by atoms with van der Waals surface area (Å²) in [6, 6.07) is 13.5. The number of rotatable bonds is 4. The van der Waals surface area contributed by atoms with E-state index in [0.717, 1.165) is 25.9 Å². The van der Waals surface area contributed by atoms with Gasteiger partial charge in [-0.1, -0.05) is 35.9 Å². The fourth-order valence-electron chi connectivity index (χ4n) is 3.93. The van der Waals surface area contributed by atoms with Gasteiger partial charge in [0.1, 0.15) is 12.4 Å². The number of urea groups is 1. The Morgan fingerprint density at radius 1 is 1.00 bits per heavy atom. The Kier molecular flexibility index (Phi) is 5.33. The lowest BCUT2D eigenvalue weighted by atomic mass is 10.0. The Morgan fingerprint density at radius 2 is 1.71 bits per heavy atom. The minimum absolute atomic E-state index is 0.0116. The summed E-state index contributed by atoms with van der Waals surface area (Å²) >= 11 is 6.13. The van der Waals surface area contributed by atoms with Gasteiger partial charge in [-0.25, -0.2) is 14.1 Å². The van der Waals surface area contributed by atoms with Crippen LogP contribution in [0, 0.1) is 5.82 Å². The van der Waals surface area contributed by atoms with Crippen LogP contribution in [-0.4, -0.2) is 47.4 Å². The van der Waals surface area contributed by atoms with Crippen molar-refractivity contribution in [1.29, 1.82) is 0 Å². The summed E-state index contributed by atoms with van der Waals surface area (Å²) in [5, 5.41) is 0.431. The van der Waals surface area contributed by atoms with Crippen LogP contribution in [0.4, 0.5) is 14.9 Å². The first kappa shape index (κ1) is 18.9. The molecule has 0 bridgehead atoms. The third-order valence-electron chi connectivity index (χ3n) is 5.45. The van der Waals surface area contributed by atoms with Crippen molar-refractivity contribution in [3.63, 3.8) is 0 Å². The first-order valence-electron chi connectivity index (χ1n) is 9.38. The van der Waals surface area contributed by atoms with Gasteiger partial charge in [0.25, 0.3) is 5.91 Å². The molecule has 7 heteroatoms. The summed E-state index contributed by atoms with van der Waals surface area (Å²) in [4.78, 5) is 30.3. The van der Waals surface area contributed by atoms with Gasteiger partial charge in [0, 0.05) is 36.3 Å². The molecule has 2 aromatic carbocycles. The largest absolute Gasteiger partial charge is 0.332 e. The van der Waals surface area contributed by atoms with Crippen LogP contribution in [0.25, 0.3) is 0 Å². The Labute approximate surface area is 168 Å². The summed E-state index contributed by atoms with van der Waals surface area (Å²) in [5.74, 6) is -0.495. The zero-order valence-corrected chi connectivity index (χ0v) is 16.1. The van der Waals surface area contributed by atoms with E-state index in [9.17, 15) is 14.0 Å². The topological polar surface area (TPSA) is 43.9 Å². The number of carbonyl (C=O) groups excluding carboxylic acids is 2. The SMILES string of the molecule is O=C1CN(C2CCN(Cc3c(F)cccc3Cl)CC2)C(=O)N1c1ccccc1. The van der Waals surface area contributed by atoms with E-state index in [0.29, 0.717) is 22.8 Å². The average Bonchev–Trinajstić information content (AvgIpc) is 3.00. The predicted molar refractivity (Wildman–Crippen MR) is 106 cm³/mol. The Hall–Kier alpha value is -2.44. The number of piperidine rings is 1. The van der Waals surface area contributed by atoms with Crippen LogP contribution < -0.4 is 4.90 Å². The van der Waals surface area contributed by atoms with Gasteiger partial charge in [-0.2, -0.15) is 0 Å². The molecule has 0 aromatic heterocycles. The van der Waals surface area contributed by atoms with Crippen molar-refractivity contribution >= 4 is 29.2 Å². The summed E-state index contributed by atoms with van der Waals surface area (Å²) in [5.41, 5.74) is 1.11. The van der Waals surface area contributed by atoms with E-state index < -0.39 is 0 Å². The fourth-order valence-corrected chi connectivity index (χ4v) is 4.15. The third-order valence-corrected chi connectivity index (χ3v) is 5.80. The van der Waals surface area contributed by atoms with Crippen LogP contribution in [0.1, 0.15) is 18.4 Å². The van der Waals surface area contributed by atoms with Crippen molar-refractivity contribution in [3.05, 3.63) is 64.9 Å². The van der Waals surface area contributed by atoms with Crippen molar-refractivity contribution in [2.24, 2.45) is 0 Å². The van der Waals surface area contributed by atoms with Crippen molar-refractivity contribution < 1.29 is 14.0 Å². The minimum atomic E-state index is -0.298. The smallest absolute Gasteiger partial charge is 0.312 e. The van der Waals surface area contributed by atoms with E-state index in [1.807, 2.05) is 18.2 Å². The first-order chi connectivity index (χ1) is 13.5. The van der Waals surface area contributed by atoms with Crippen LogP contribution in [0.3, 0.4) is 0 Å². The van der Waals surface area contributed by atoms with E-state index in [-0.39, 0.29) is 30.3 Å². The number of likely N-dealkylation sites (tertiary alicyclic amines) is 1. The maximum Gasteiger partial charge on any atom is 0.332 e. The van der Waals surface area contributed by atoms with Crippen LogP contribution in [0.15, 0.2) is 48.5 Å². The van der Waals surface area contributed by atoms with Gasteiger partial charge in [0.05, 0.1) is 5.69 Å². The minimum Gasteiger partial charge on any atom is -0.312 e. The standard InChI is InChI=1S/C21H21ClFN3O2/c22-18-7-4-8-19(23)17(18)13-24-11-9-15(10-12-24)25-14-20(27)26(21(25)28)16-5-2-1-3-6-16/h1-8,15H,9-14H2. The number of hydrogen-bond acceptors (Lipinski definition) is 3. The molecule has 2 fully saturated rings. The van der Waals surface area contributed by atoms with Gasteiger partial charge in [-0.15, -0.1) is 0 Å². The highest BCUT2D eigenvalue weighted by molar-refractivity contribution is 6.31. The van der Waals surface area contributed by atoms with E-state index in [1.165, 1.54) is 11.0 Å². The van der Waals surface area contributed by atoms with Crippen LogP contribution in [0.2, 0.25) is 5.02 Å². The van der Waals surface area contributed by atoms with Crippen LogP contribution in [-0.2, 0) is 11.3 Å². The van der Waals surface area contributed by atoms with Crippen molar-refractivity contribution in [1.82, 2.24) is 9.80 Å². The van der Waals surface area contributed by atoms with Gasteiger partial charge >= 0.3 is 6.03 Å². The van der Waals surface area contributed by atoms with Gasteiger partial charge in [-0.3, -0.25) is 9.69 Å². The van der Waals surface area contributed by atoms with Crippen LogP contribution in [0.5, 0.6) is 0 Å². The van der Waals surface area contributed by atoms with Gasteiger partial charge in [0.15, 0.2) is 0 Å². The van der Waals surface area contributed by atoms with Crippen LogP contribution >= 0.6 is 11.6 Å². The number of para-hydroxylation sites is 1. The molecule has 2 saturated heterocycles. The molecule has 28 heavy (non-hydrogen) atoms. The molecule has 0 spiro atoms. The number of carbonyl (C=O) groups is 2. The van der Waals surface area contributed by atoms with E-state index in [4.69, 9.17) is 11.6 Å². The van der Waals surface area contributed by atoms with Gasteiger partial charge in [-0.05, 0) is 37.1 Å². The molecule has 2 aromatic rings. The molecule has 0 atom stereocenters. The molecule has 4 rings (SSSR count). The van der Waals surface area contributed by atoms with Gasteiger partial charge in [0.2, 0.25) is 0 Å². The fraction of sp³-hybridized carbons (Fsp3) is 0.333. The van der Waals surface area contributed by atoms with Crippen molar-refractivity contribution in [3.8, 4) is 0 Å². The highest BCUT2D eigenvalue weighted by atomic mass is 35.5. The highest BCUT2D eigenvalue weighted by Gasteiger charge is 2.41. The monoisotopic (exact) mass is 401 g/mol. The molecule has 0 N–H and O–H groups in total. The molecule has 2 aliphatic heterocycles. The van der Waals surface area contributed by atoms with Crippen molar-refractivity contribution in [2.75, 3.05) is 24.5 Å². The Morgan fingerprint density at radius 3 is 2.39 bits per heavy atom. The second kappa shape index (κ2) is 7.89. The lowest BCUT2D eigenvalue weighted by Gasteiger charge is -2.36. The number of halogens is 2. The lowest BCUT2D eigenvalue weighted by Crippen LogP contribution is -2.46. The molecule has 0 radical (unpaired) electrons. The summed E-state index contributed by atoms with van der Waals surface area (Å²) in [7, 11) is 0. The van der Waals surface area contributed by atoms with E-state index >= 15 is 0 Å².